The highest BCUT2D eigenvalue weighted by Gasteiger charge is 2.06. The molecular formula is C11H23NS. The lowest BCUT2D eigenvalue weighted by Crippen LogP contribution is -2.28. The molecule has 13 heavy (non-hydrogen) atoms. The van der Waals surface area contributed by atoms with Gasteiger partial charge in [-0.2, -0.15) is 11.8 Å². The quantitative estimate of drug-likeness (QED) is 0.635. The van der Waals surface area contributed by atoms with Gasteiger partial charge >= 0.3 is 0 Å². The lowest BCUT2D eigenvalue weighted by Gasteiger charge is -2.16. The minimum atomic E-state index is 0.643. The van der Waals surface area contributed by atoms with Crippen molar-refractivity contribution in [3.63, 3.8) is 0 Å². The topological polar surface area (TPSA) is 12.0 Å². The zero-order valence-electron chi connectivity index (χ0n) is 9.39. The summed E-state index contributed by atoms with van der Waals surface area (Å²) < 4.78 is 0. The van der Waals surface area contributed by atoms with E-state index in [2.05, 4.69) is 32.7 Å². The lowest BCUT2D eigenvalue weighted by atomic mass is 10.1. The molecule has 1 unspecified atom stereocenters. The normalized spacial score (nSPS) is 13.3. The average Bonchev–Trinajstić information content (AvgIpc) is 2.04. The van der Waals surface area contributed by atoms with E-state index in [-0.39, 0.29) is 0 Å². The molecule has 0 aromatic rings. The predicted octanol–water partition coefficient (Wildman–Crippen LogP) is 3.07. The summed E-state index contributed by atoms with van der Waals surface area (Å²) in [5.74, 6) is 1.21. The van der Waals surface area contributed by atoms with Crippen LogP contribution in [-0.4, -0.2) is 24.1 Å². The summed E-state index contributed by atoms with van der Waals surface area (Å²) in [6, 6.07) is 0.643. The van der Waals surface area contributed by atoms with Gasteiger partial charge in [0, 0.05) is 11.8 Å². The molecular weight excluding hydrogens is 178 g/mol. The highest BCUT2D eigenvalue weighted by atomic mass is 32.2. The largest absolute Gasteiger partial charge is 0.316 e. The van der Waals surface area contributed by atoms with Gasteiger partial charge in [0.05, 0.1) is 0 Å². The Morgan fingerprint density at radius 3 is 2.46 bits per heavy atom. The fraction of sp³-hybridized carbons (Fsp3) is 0.818. The molecule has 0 amide bonds. The first-order valence-corrected chi connectivity index (χ1v) is 6.04. The maximum absolute atomic E-state index is 3.92. The van der Waals surface area contributed by atoms with E-state index in [0.717, 1.165) is 11.7 Å². The second-order valence-electron chi connectivity index (χ2n) is 3.86. The van der Waals surface area contributed by atoms with Gasteiger partial charge < -0.3 is 5.32 Å². The van der Waals surface area contributed by atoms with Crippen LogP contribution >= 0.6 is 11.8 Å². The van der Waals surface area contributed by atoms with E-state index in [1.54, 1.807) is 0 Å². The first kappa shape index (κ1) is 13.1. The van der Waals surface area contributed by atoms with Crippen molar-refractivity contribution >= 4 is 11.8 Å². The molecule has 0 saturated heterocycles. The van der Waals surface area contributed by atoms with E-state index in [1.165, 1.54) is 17.7 Å². The molecule has 1 nitrogen and oxygen atoms in total. The SMILES string of the molecule is C=C(C)CCC(CSC(C)C)NC. The Kier molecular flexibility index (Phi) is 7.48. The second-order valence-corrected chi connectivity index (χ2v) is 5.47. The molecule has 0 radical (unpaired) electrons. The van der Waals surface area contributed by atoms with E-state index in [9.17, 15) is 0 Å². The van der Waals surface area contributed by atoms with Gasteiger partial charge in [-0.25, -0.2) is 0 Å². The minimum Gasteiger partial charge on any atom is -0.316 e. The van der Waals surface area contributed by atoms with Crippen molar-refractivity contribution in [3.8, 4) is 0 Å². The maximum atomic E-state index is 3.92. The number of allylic oxidation sites excluding steroid dienone is 1. The zero-order valence-corrected chi connectivity index (χ0v) is 10.2. The Balaban J connectivity index is 3.57. The molecule has 0 aliphatic carbocycles. The summed E-state index contributed by atoms with van der Waals surface area (Å²) in [5, 5.41) is 4.09. The van der Waals surface area contributed by atoms with Gasteiger partial charge in [0.1, 0.15) is 0 Å². The molecule has 78 valence electrons. The lowest BCUT2D eigenvalue weighted by molar-refractivity contribution is 0.571. The first-order valence-electron chi connectivity index (χ1n) is 4.99. The molecule has 0 bridgehead atoms. The summed E-state index contributed by atoms with van der Waals surface area (Å²) in [4.78, 5) is 0. The third kappa shape index (κ3) is 8.38. The van der Waals surface area contributed by atoms with Crippen LogP contribution < -0.4 is 5.32 Å². The van der Waals surface area contributed by atoms with Crippen LogP contribution in [0.5, 0.6) is 0 Å². The van der Waals surface area contributed by atoms with Crippen molar-refractivity contribution in [1.82, 2.24) is 5.32 Å². The standard InChI is InChI=1S/C11H23NS/c1-9(2)6-7-11(12-5)8-13-10(3)4/h10-12H,1,6-8H2,2-5H3. The summed E-state index contributed by atoms with van der Waals surface area (Å²) in [7, 11) is 2.05. The number of thioether (sulfide) groups is 1. The first-order chi connectivity index (χ1) is 6.06. The van der Waals surface area contributed by atoms with Crippen molar-refractivity contribution in [2.75, 3.05) is 12.8 Å². The van der Waals surface area contributed by atoms with Gasteiger partial charge in [0.25, 0.3) is 0 Å². The third-order valence-electron chi connectivity index (χ3n) is 1.96. The van der Waals surface area contributed by atoms with Gasteiger partial charge in [-0.05, 0) is 32.1 Å². The molecule has 0 aromatic heterocycles. The summed E-state index contributed by atoms with van der Waals surface area (Å²) in [6.07, 6.45) is 2.36. The number of hydrogen-bond donors (Lipinski definition) is 1. The molecule has 0 heterocycles. The number of rotatable bonds is 7. The smallest absolute Gasteiger partial charge is 0.0158 e. The minimum absolute atomic E-state index is 0.643. The van der Waals surface area contributed by atoms with Crippen LogP contribution in [0.2, 0.25) is 0 Å². The van der Waals surface area contributed by atoms with Crippen LogP contribution in [-0.2, 0) is 0 Å². The zero-order chi connectivity index (χ0) is 10.3. The van der Waals surface area contributed by atoms with Gasteiger partial charge in [0.2, 0.25) is 0 Å². The Hall–Kier alpha value is 0.0500. The molecule has 1 atom stereocenters. The van der Waals surface area contributed by atoms with Crippen LogP contribution in [0, 0.1) is 0 Å². The molecule has 0 aliphatic heterocycles. The summed E-state index contributed by atoms with van der Waals surface area (Å²) in [6.45, 7) is 10.5. The average molecular weight is 201 g/mol. The van der Waals surface area contributed by atoms with E-state index >= 15 is 0 Å². The van der Waals surface area contributed by atoms with Gasteiger partial charge in [-0.15, -0.1) is 6.58 Å². The summed E-state index contributed by atoms with van der Waals surface area (Å²) >= 11 is 2.02. The van der Waals surface area contributed by atoms with Crippen LogP contribution in [0.1, 0.15) is 33.6 Å². The maximum Gasteiger partial charge on any atom is 0.0158 e. The van der Waals surface area contributed by atoms with E-state index in [0.29, 0.717) is 6.04 Å². The number of nitrogens with one attached hydrogen (secondary N) is 1. The van der Waals surface area contributed by atoms with Crippen LogP contribution in [0.15, 0.2) is 12.2 Å². The Morgan fingerprint density at radius 2 is 2.08 bits per heavy atom. The van der Waals surface area contributed by atoms with Crippen LogP contribution in [0.25, 0.3) is 0 Å². The predicted molar refractivity (Wildman–Crippen MR) is 64.5 cm³/mol. The summed E-state index contributed by atoms with van der Waals surface area (Å²) in [5.41, 5.74) is 1.29. The Bertz CT molecular complexity index is 143. The molecule has 0 saturated carbocycles. The van der Waals surface area contributed by atoms with Gasteiger partial charge in [-0.3, -0.25) is 0 Å². The monoisotopic (exact) mass is 201 g/mol. The third-order valence-corrected chi connectivity index (χ3v) is 3.22. The van der Waals surface area contributed by atoms with Crippen LogP contribution in [0.3, 0.4) is 0 Å². The van der Waals surface area contributed by atoms with Crippen molar-refractivity contribution in [1.29, 1.82) is 0 Å². The number of hydrogen-bond acceptors (Lipinski definition) is 2. The Labute approximate surface area is 87.4 Å². The molecule has 0 aromatic carbocycles. The van der Waals surface area contributed by atoms with Gasteiger partial charge in [0.15, 0.2) is 0 Å². The fourth-order valence-corrected chi connectivity index (χ4v) is 1.99. The highest BCUT2D eigenvalue weighted by Crippen LogP contribution is 2.14. The Morgan fingerprint density at radius 1 is 1.46 bits per heavy atom. The highest BCUT2D eigenvalue weighted by molar-refractivity contribution is 7.99. The molecule has 0 spiro atoms. The molecule has 0 aliphatic rings. The molecule has 1 N–H and O–H groups in total. The van der Waals surface area contributed by atoms with Crippen molar-refractivity contribution < 1.29 is 0 Å². The van der Waals surface area contributed by atoms with Crippen LogP contribution in [0.4, 0.5) is 0 Å². The molecule has 2 heteroatoms. The van der Waals surface area contributed by atoms with Gasteiger partial charge in [-0.1, -0.05) is 19.4 Å². The second kappa shape index (κ2) is 7.45. The van der Waals surface area contributed by atoms with Crippen molar-refractivity contribution in [2.45, 2.75) is 44.9 Å². The fourth-order valence-electron chi connectivity index (χ4n) is 1.04. The van der Waals surface area contributed by atoms with E-state index < -0.39 is 0 Å². The van der Waals surface area contributed by atoms with Crippen molar-refractivity contribution in [2.24, 2.45) is 0 Å². The van der Waals surface area contributed by atoms with E-state index in [4.69, 9.17) is 0 Å². The van der Waals surface area contributed by atoms with Crippen molar-refractivity contribution in [3.05, 3.63) is 12.2 Å². The molecule has 0 rings (SSSR count). The molecule has 0 fully saturated rings. The van der Waals surface area contributed by atoms with E-state index in [1.807, 2.05) is 18.8 Å².